The van der Waals surface area contributed by atoms with Gasteiger partial charge in [-0.05, 0) is 23.9 Å². The van der Waals surface area contributed by atoms with Gasteiger partial charge in [-0.1, -0.05) is 38.9 Å². The summed E-state index contributed by atoms with van der Waals surface area (Å²) in [4.78, 5) is 0. The Morgan fingerprint density at radius 3 is 1.95 bits per heavy atom. The molecular formula is C14H11F6P. The molecule has 2 atom stereocenters. The van der Waals surface area contributed by atoms with Crippen molar-refractivity contribution in [3.8, 4) is 0 Å². The van der Waals surface area contributed by atoms with Crippen LogP contribution in [0.5, 0.6) is 0 Å². The molecule has 7 heteroatoms. The van der Waals surface area contributed by atoms with Crippen LogP contribution < -0.4 is 5.30 Å². The van der Waals surface area contributed by atoms with Gasteiger partial charge in [-0.3, -0.25) is 0 Å². The highest BCUT2D eigenvalue weighted by Gasteiger charge is 2.33. The van der Waals surface area contributed by atoms with Gasteiger partial charge < -0.3 is 0 Å². The largest absolute Gasteiger partial charge is 0.416 e. The van der Waals surface area contributed by atoms with E-state index >= 15 is 0 Å². The van der Waals surface area contributed by atoms with Gasteiger partial charge in [-0.15, -0.1) is 0 Å². The Labute approximate surface area is 119 Å². The fraction of sp³-hybridized carbons (Fsp3) is 0.286. The summed E-state index contributed by atoms with van der Waals surface area (Å²) in [6.07, 6.45) is -4.85. The average molecular weight is 324 g/mol. The van der Waals surface area contributed by atoms with E-state index in [4.69, 9.17) is 0 Å². The Kier molecular flexibility index (Phi) is 4.47. The maximum atomic E-state index is 12.4. The molecule has 0 nitrogen and oxygen atoms in total. The van der Waals surface area contributed by atoms with Crippen molar-refractivity contribution >= 4 is 13.9 Å². The lowest BCUT2D eigenvalue weighted by Crippen LogP contribution is -2.15. The number of allylic oxidation sites excluding steroid dienone is 4. The molecule has 0 aromatic heterocycles. The minimum absolute atomic E-state index is 0.104. The van der Waals surface area contributed by atoms with Crippen LogP contribution in [0.4, 0.5) is 26.3 Å². The SMILES string of the molecule is FC(F)(F)C1=CCC(Pc2ccc(C(F)(F)F)cc2)C=C1. The molecule has 0 saturated heterocycles. The molecule has 0 fully saturated rings. The summed E-state index contributed by atoms with van der Waals surface area (Å²) in [7, 11) is 0.140. The molecule has 1 aromatic carbocycles. The first-order valence-corrected chi connectivity index (χ1v) is 7.13. The highest BCUT2D eigenvalue weighted by molar-refractivity contribution is 7.48. The van der Waals surface area contributed by atoms with Gasteiger partial charge in [0, 0.05) is 5.66 Å². The molecule has 0 bridgehead atoms. The summed E-state index contributed by atoms with van der Waals surface area (Å²) in [6.45, 7) is 0. The number of alkyl halides is 6. The van der Waals surface area contributed by atoms with Gasteiger partial charge in [-0.2, -0.15) is 26.3 Å². The van der Waals surface area contributed by atoms with Gasteiger partial charge in [0.05, 0.1) is 11.1 Å². The quantitative estimate of drug-likeness (QED) is 0.540. The topological polar surface area (TPSA) is 0 Å². The standard InChI is InChI=1S/C14H11F6P/c15-13(16,17)9-1-5-11(6-2-9)21-12-7-3-10(4-8-12)14(18,19)20/h1-7,12,21H,8H2. The summed E-state index contributed by atoms with van der Waals surface area (Å²) in [5.41, 5.74) is -1.50. The zero-order valence-electron chi connectivity index (χ0n) is 10.6. The molecule has 0 radical (unpaired) electrons. The van der Waals surface area contributed by atoms with Crippen LogP contribution in [0.15, 0.2) is 48.1 Å². The van der Waals surface area contributed by atoms with Crippen LogP contribution in [-0.4, -0.2) is 11.8 Å². The molecule has 1 aliphatic rings. The van der Waals surface area contributed by atoms with E-state index in [2.05, 4.69) is 0 Å². The Hall–Kier alpha value is -1.29. The van der Waals surface area contributed by atoms with Gasteiger partial charge in [-0.25, -0.2) is 0 Å². The molecule has 1 aliphatic carbocycles. The Morgan fingerprint density at radius 2 is 1.52 bits per heavy atom. The zero-order chi connectivity index (χ0) is 15.7. The maximum absolute atomic E-state index is 12.4. The predicted octanol–water partition coefficient (Wildman–Crippen LogP) is 4.83. The molecular weight excluding hydrogens is 313 g/mol. The van der Waals surface area contributed by atoms with Crippen LogP contribution in [0.2, 0.25) is 0 Å². The second kappa shape index (κ2) is 5.84. The Bertz CT molecular complexity index is 550. The van der Waals surface area contributed by atoms with Crippen molar-refractivity contribution < 1.29 is 26.3 Å². The summed E-state index contributed by atoms with van der Waals surface area (Å²) >= 11 is 0. The molecule has 0 aliphatic heterocycles. The van der Waals surface area contributed by atoms with Crippen LogP contribution >= 0.6 is 8.58 Å². The van der Waals surface area contributed by atoms with Gasteiger partial charge in [0.15, 0.2) is 0 Å². The molecule has 1 aromatic rings. The van der Waals surface area contributed by atoms with Crippen molar-refractivity contribution in [1.82, 2.24) is 0 Å². The molecule has 21 heavy (non-hydrogen) atoms. The highest BCUT2D eigenvalue weighted by atomic mass is 31.1. The van der Waals surface area contributed by atoms with E-state index in [1.165, 1.54) is 18.2 Å². The molecule has 0 spiro atoms. The van der Waals surface area contributed by atoms with Crippen molar-refractivity contribution in [3.63, 3.8) is 0 Å². The summed E-state index contributed by atoms with van der Waals surface area (Å²) in [6, 6.07) is 4.73. The van der Waals surface area contributed by atoms with Crippen molar-refractivity contribution in [2.24, 2.45) is 0 Å². The third kappa shape index (κ3) is 4.34. The molecule has 0 amide bonds. The van der Waals surface area contributed by atoms with Gasteiger partial charge in [0.1, 0.15) is 0 Å². The third-order valence-corrected chi connectivity index (χ3v) is 4.46. The first kappa shape index (κ1) is 16.1. The number of hydrogen-bond donors (Lipinski definition) is 0. The zero-order valence-corrected chi connectivity index (χ0v) is 11.6. The number of benzene rings is 1. The van der Waals surface area contributed by atoms with Gasteiger partial charge in [0.25, 0.3) is 0 Å². The van der Waals surface area contributed by atoms with E-state index in [0.717, 1.165) is 24.3 Å². The summed E-state index contributed by atoms with van der Waals surface area (Å²) in [5.74, 6) is 0. The van der Waals surface area contributed by atoms with Crippen molar-refractivity contribution in [3.05, 3.63) is 53.6 Å². The van der Waals surface area contributed by atoms with Crippen LogP contribution in [0.1, 0.15) is 12.0 Å². The second-order valence-corrected chi connectivity index (χ2v) is 6.19. The second-order valence-electron chi connectivity index (χ2n) is 4.58. The van der Waals surface area contributed by atoms with E-state index in [-0.39, 0.29) is 20.7 Å². The van der Waals surface area contributed by atoms with Gasteiger partial charge >= 0.3 is 12.4 Å². The average Bonchev–Trinajstić information content (AvgIpc) is 2.38. The molecule has 2 rings (SSSR count). The lowest BCUT2D eigenvalue weighted by molar-refractivity contribution is -0.137. The van der Waals surface area contributed by atoms with E-state index in [1.54, 1.807) is 0 Å². The minimum Gasteiger partial charge on any atom is -0.166 e. The predicted molar refractivity (Wildman–Crippen MR) is 71.1 cm³/mol. The molecule has 114 valence electrons. The first-order valence-electron chi connectivity index (χ1n) is 6.05. The lowest BCUT2D eigenvalue weighted by Gasteiger charge is -2.18. The Morgan fingerprint density at radius 1 is 0.905 bits per heavy atom. The molecule has 2 unspecified atom stereocenters. The van der Waals surface area contributed by atoms with E-state index in [9.17, 15) is 26.3 Å². The fourth-order valence-electron chi connectivity index (χ4n) is 1.91. The Balaban J connectivity index is 1.99. The lowest BCUT2D eigenvalue weighted by atomic mass is 10.1. The van der Waals surface area contributed by atoms with Crippen LogP contribution in [0, 0.1) is 0 Å². The number of hydrogen-bond acceptors (Lipinski definition) is 0. The first-order chi connectivity index (χ1) is 9.66. The van der Waals surface area contributed by atoms with Crippen molar-refractivity contribution in [2.75, 3.05) is 0 Å². The third-order valence-electron chi connectivity index (χ3n) is 2.99. The fourth-order valence-corrected chi connectivity index (χ4v) is 3.12. The van der Waals surface area contributed by atoms with Crippen LogP contribution in [0.3, 0.4) is 0 Å². The monoisotopic (exact) mass is 324 g/mol. The maximum Gasteiger partial charge on any atom is 0.416 e. The number of rotatable bonds is 2. The molecule has 0 heterocycles. The molecule has 0 saturated carbocycles. The van der Waals surface area contributed by atoms with Gasteiger partial charge in [0.2, 0.25) is 0 Å². The van der Waals surface area contributed by atoms with E-state index in [0.29, 0.717) is 5.30 Å². The van der Waals surface area contributed by atoms with Crippen LogP contribution in [0.25, 0.3) is 0 Å². The van der Waals surface area contributed by atoms with Crippen molar-refractivity contribution in [1.29, 1.82) is 0 Å². The summed E-state index contributed by atoms with van der Waals surface area (Å²) in [5, 5.41) is 0.696. The summed E-state index contributed by atoms with van der Waals surface area (Å²) < 4.78 is 74.5. The van der Waals surface area contributed by atoms with Crippen molar-refractivity contribution in [2.45, 2.75) is 24.4 Å². The normalized spacial score (nSPS) is 20.1. The van der Waals surface area contributed by atoms with Crippen LogP contribution in [-0.2, 0) is 6.18 Å². The molecule has 0 N–H and O–H groups in total. The number of halogens is 6. The smallest absolute Gasteiger partial charge is 0.166 e. The minimum atomic E-state index is -4.38. The highest BCUT2D eigenvalue weighted by Crippen LogP contribution is 2.34. The van der Waals surface area contributed by atoms with E-state index in [1.807, 2.05) is 0 Å². The van der Waals surface area contributed by atoms with E-state index < -0.39 is 23.5 Å².